The summed E-state index contributed by atoms with van der Waals surface area (Å²) in [4.78, 5) is 15.4. The minimum Gasteiger partial charge on any atom is -0.325 e. The van der Waals surface area contributed by atoms with Crippen LogP contribution in [-0.2, 0) is 6.54 Å². The van der Waals surface area contributed by atoms with Crippen LogP contribution >= 0.6 is 0 Å². The summed E-state index contributed by atoms with van der Waals surface area (Å²) in [5, 5.41) is 0. The molecule has 0 radical (unpaired) electrons. The Morgan fingerprint density at radius 3 is 3.17 bits per heavy atom. The van der Waals surface area contributed by atoms with Crippen LogP contribution < -0.4 is 0 Å². The molecule has 0 saturated carbocycles. The lowest BCUT2D eigenvalue weighted by atomic mass is 10.1. The highest BCUT2D eigenvalue weighted by atomic mass is 16.1. The largest absolute Gasteiger partial charge is 0.325 e. The fourth-order valence-corrected chi connectivity index (χ4v) is 1.75. The van der Waals surface area contributed by atoms with Gasteiger partial charge in [-0.25, -0.2) is 4.98 Å². The van der Waals surface area contributed by atoms with E-state index in [2.05, 4.69) is 11.9 Å². The second-order valence-corrected chi connectivity index (χ2v) is 3.40. The number of aromatic nitrogens is 2. The van der Waals surface area contributed by atoms with E-state index in [1.54, 1.807) is 13.1 Å². The molecule has 0 aliphatic carbocycles. The maximum atomic E-state index is 11.1. The van der Waals surface area contributed by atoms with Gasteiger partial charge in [-0.3, -0.25) is 4.79 Å². The lowest BCUT2D eigenvalue weighted by molar-refractivity contribution is 0.100. The number of hydrogen-bond donors (Lipinski definition) is 0. The Morgan fingerprint density at radius 1 is 1.75 bits per heavy atom. The normalized spacial score (nSPS) is 21.0. The molecule has 0 bridgehead atoms. The molecule has 0 aromatic carbocycles. The van der Waals surface area contributed by atoms with Gasteiger partial charge in [-0.2, -0.15) is 0 Å². The summed E-state index contributed by atoms with van der Waals surface area (Å²) in [7, 11) is 0. The molecule has 12 heavy (non-hydrogen) atoms. The molecule has 1 aliphatic rings. The average Bonchev–Trinajstić information content (AvgIpc) is 2.53. The Balaban J connectivity index is 2.49. The monoisotopic (exact) mass is 164 g/mol. The van der Waals surface area contributed by atoms with Gasteiger partial charge in [0.25, 0.3) is 0 Å². The van der Waals surface area contributed by atoms with Crippen LogP contribution in [0.1, 0.15) is 42.5 Å². The zero-order valence-corrected chi connectivity index (χ0v) is 7.37. The highest BCUT2D eigenvalue weighted by Gasteiger charge is 2.23. The van der Waals surface area contributed by atoms with Crippen LogP contribution in [0.2, 0.25) is 0 Å². The van der Waals surface area contributed by atoms with Crippen molar-refractivity contribution in [3.05, 3.63) is 17.7 Å². The second kappa shape index (κ2) is 2.44. The van der Waals surface area contributed by atoms with Crippen LogP contribution in [0.15, 0.2) is 6.20 Å². The summed E-state index contributed by atoms with van der Waals surface area (Å²) in [6.45, 7) is 4.69. The second-order valence-electron chi connectivity index (χ2n) is 3.40. The van der Waals surface area contributed by atoms with Gasteiger partial charge >= 0.3 is 0 Å². The van der Waals surface area contributed by atoms with E-state index in [1.807, 2.05) is 4.57 Å². The SMILES string of the molecule is CC(=O)c1cnc2n1CC[C@H]2C. The van der Waals surface area contributed by atoms with Crippen molar-refractivity contribution in [1.82, 2.24) is 9.55 Å². The maximum Gasteiger partial charge on any atom is 0.177 e. The summed E-state index contributed by atoms with van der Waals surface area (Å²) in [5.74, 6) is 1.70. The molecule has 0 amide bonds. The van der Waals surface area contributed by atoms with Crippen molar-refractivity contribution in [1.29, 1.82) is 0 Å². The van der Waals surface area contributed by atoms with E-state index >= 15 is 0 Å². The standard InChI is InChI=1S/C9H12N2O/c1-6-3-4-11-8(7(2)12)5-10-9(6)11/h5-6H,3-4H2,1-2H3/t6-/m1/s1. The third-order valence-corrected chi connectivity index (χ3v) is 2.47. The summed E-state index contributed by atoms with van der Waals surface area (Å²) >= 11 is 0. The first-order valence-corrected chi connectivity index (χ1v) is 4.26. The molecule has 0 saturated heterocycles. The van der Waals surface area contributed by atoms with Gasteiger partial charge in [0.15, 0.2) is 5.78 Å². The Bertz CT molecular complexity index is 327. The number of carbonyl (C=O) groups excluding carboxylic acids is 1. The van der Waals surface area contributed by atoms with E-state index in [0.717, 1.165) is 24.5 Å². The van der Waals surface area contributed by atoms with Crippen LogP contribution in [0.5, 0.6) is 0 Å². The smallest absolute Gasteiger partial charge is 0.177 e. The fourth-order valence-electron chi connectivity index (χ4n) is 1.75. The van der Waals surface area contributed by atoms with E-state index < -0.39 is 0 Å². The predicted molar refractivity (Wildman–Crippen MR) is 45.3 cm³/mol. The Hall–Kier alpha value is -1.12. The van der Waals surface area contributed by atoms with Crippen molar-refractivity contribution in [3.8, 4) is 0 Å². The zero-order chi connectivity index (χ0) is 8.72. The highest BCUT2D eigenvalue weighted by molar-refractivity contribution is 5.92. The molecule has 1 aromatic heterocycles. The van der Waals surface area contributed by atoms with Gasteiger partial charge in [0, 0.05) is 19.4 Å². The molecule has 2 rings (SSSR count). The molecular formula is C9H12N2O. The fraction of sp³-hybridized carbons (Fsp3) is 0.556. The Kier molecular flexibility index (Phi) is 1.53. The molecule has 1 aliphatic heterocycles. The van der Waals surface area contributed by atoms with E-state index in [4.69, 9.17) is 0 Å². The van der Waals surface area contributed by atoms with E-state index in [1.165, 1.54) is 0 Å². The van der Waals surface area contributed by atoms with Crippen molar-refractivity contribution < 1.29 is 4.79 Å². The summed E-state index contributed by atoms with van der Waals surface area (Å²) in [6, 6.07) is 0. The molecule has 0 N–H and O–H groups in total. The number of Topliss-reactive ketones (excluding diaryl/α,β-unsaturated/α-hetero) is 1. The van der Waals surface area contributed by atoms with Gasteiger partial charge < -0.3 is 4.57 Å². The first-order chi connectivity index (χ1) is 5.70. The molecule has 0 spiro atoms. The van der Waals surface area contributed by atoms with Crippen molar-refractivity contribution in [2.45, 2.75) is 32.7 Å². The number of fused-ring (bicyclic) bond motifs is 1. The lowest BCUT2D eigenvalue weighted by Gasteiger charge is -1.99. The number of hydrogen-bond acceptors (Lipinski definition) is 2. The minimum absolute atomic E-state index is 0.114. The molecule has 3 nitrogen and oxygen atoms in total. The molecule has 1 atom stereocenters. The van der Waals surface area contributed by atoms with Gasteiger partial charge in [-0.15, -0.1) is 0 Å². The molecule has 1 aromatic rings. The third-order valence-electron chi connectivity index (χ3n) is 2.47. The average molecular weight is 164 g/mol. The van der Waals surface area contributed by atoms with E-state index in [-0.39, 0.29) is 5.78 Å². The summed E-state index contributed by atoms with van der Waals surface area (Å²) in [5.41, 5.74) is 0.759. The summed E-state index contributed by atoms with van der Waals surface area (Å²) < 4.78 is 2.03. The van der Waals surface area contributed by atoms with Crippen molar-refractivity contribution in [3.63, 3.8) is 0 Å². The van der Waals surface area contributed by atoms with Crippen LogP contribution in [-0.4, -0.2) is 15.3 Å². The van der Waals surface area contributed by atoms with Crippen LogP contribution in [0.25, 0.3) is 0 Å². The quantitative estimate of drug-likeness (QED) is 0.591. The van der Waals surface area contributed by atoms with Crippen LogP contribution in [0.4, 0.5) is 0 Å². The first kappa shape index (κ1) is 7.53. The minimum atomic E-state index is 0.114. The third kappa shape index (κ3) is 0.891. The number of ketones is 1. The first-order valence-electron chi connectivity index (χ1n) is 4.26. The Labute approximate surface area is 71.4 Å². The number of rotatable bonds is 1. The topological polar surface area (TPSA) is 34.9 Å². The molecular weight excluding hydrogens is 152 g/mol. The van der Waals surface area contributed by atoms with Gasteiger partial charge in [0.2, 0.25) is 0 Å². The summed E-state index contributed by atoms with van der Waals surface area (Å²) in [6.07, 6.45) is 2.80. The molecule has 0 fully saturated rings. The van der Waals surface area contributed by atoms with Gasteiger partial charge in [0.05, 0.1) is 6.20 Å². The van der Waals surface area contributed by atoms with E-state index in [0.29, 0.717) is 5.92 Å². The predicted octanol–water partition coefficient (Wildman–Crippen LogP) is 1.59. The van der Waals surface area contributed by atoms with Crippen molar-refractivity contribution in [2.24, 2.45) is 0 Å². The van der Waals surface area contributed by atoms with E-state index in [9.17, 15) is 4.79 Å². The molecule has 2 heterocycles. The van der Waals surface area contributed by atoms with Crippen LogP contribution in [0.3, 0.4) is 0 Å². The van der Waals surface area contributed by atoms with Gasteiger partial charge in [0.1, 0.15) is 11.5 Å². The van der Waals surface area contributed by atoms with Crippen LogP contribution in [0, 0.1) is 0 Å². The number of nitrogens with zero attached hydrogens (tertiary/aromatic N) is 2. The van der Waals surface area contributed by atoms with Crippen molar-refractivity contribution >= 4 is 5.78 Å². The Morgan fingerprint density at radius 2 is 2.50 bits per heavy atom. The number of imidazole rings is 1. The zero-order valence-electron chi connectivity index (χ0n) is 7.37. The van der Waals surface area contributed by atoms with Crippen molar-refractivity contribution in [2.75, 3.05) is 0 Å². The van der Waals surface area contributed by atoms with Gasteiger partial charge in [-0.05, 0) is 6.42 Å². The maximum absolute atomic E-state index is 11.1. The van der Waals surface area contributed by atoms with Gasteiger partial charge in [-0.1, -0.05) is 6.92 Å². The lowest BCUT2D eigenvalue weighted by Crippen LogP contribution is -2.03. The highest BCUT2D eigenvalue weighted by Crippen LogP contribution is 2.27. The molecule has 64 valence electrons. The molecule has 0 unspecified atom stereocenters. The number of carbonyl (C=O) groups is 1. The molecule has 3 heteroatoms.